The molecule has 0 aliphatic heterocycles. The van der Waals surface area contributed by atoms with Gasteiger partial charge in [0.15, 0.2) is 11.6 Å². The zero-order chi connectivity index (χ0) is 19.2. The molecule has 0 N–H and O–H groups in total. The number of benzene rings is 2. The van der Waals surface area contributed by atoms with E-state index >= 15 is 0 Å². The molecule has 0 heterocycles. The fraction of sp³-hybridized carbons (Fsp3) is 0.235. The molecule has 2 rings (SSSR count). The van der Waals surface area contributed by atoms with Crippen LogP contribution in [0.1, 0.15) is 11.1 Å². The zero-order valence-corrected chi connectivity index (χ0v) is 15.1. The largest absolute Gasteiger partial charge is 0.453 e. The highest BCUT2D eigenvalue weighted by Crippen LogP contribution is 2.38. The van der Waals surface area contributed by atoms with Gasteiger partial charge in [-0.05, 0) is 48.2 Å². The summed E-state index contributed by atoms with van der Waals surface area (Å²) >= 11 is 7.36. The predicted octanol–water partition coefficient (Wildman–Crippen LogP) is 6.00. The zero-order valence-electron chi connectivity index (χ0n) is 13.5. The monoisotopic (exact) mass is 407 g/mol. The van der Waals surface area contributed by atoms with Crippen LogP contribution in [0.25, 0.3) is 0 Å². The number of thioether (sulfide) groups is 1. The SMILES string of the molecule is CSCCON=Cc1ccc(Oc2c(F)cc(C(F)(F)F)cc2Cl)cc1. The molecule has 0 aromatic heterocycles. The molecule has 3 nitrogen and oxygen atoms in total. The second kappa shape index (κ2) is 9.14. The summed E-state index contributed by atoms with van der Waals surface area (Å²) in [7, 11) is 0. The molecule has 2 aromatic rings. The molecule has 0 atom stereocenters. The summed E-state index contributed by atoms with van der Waals surface area (Å²) in [5.74, 6) is -0.631. The lowest BCUT2D eigenvalue weighted by atomic mass is 10.2. The van der Waals surface area contributed by atoms with Crippen LogP contribution in [0.5, 0.6) is 11.5 Å². The Kier molecular flexibility index (Phi) is 7.16. The Hall–Kier alpha value is -1.93. The lowest BCUT2D eigenvalue weighted by Crippen LogP contribution is -2.06. The van der Waals surface area contributed by atoms with Crippen LogP contribution in [0, 0.1) is 5.82 Å². The van der Waals surface area contributed by atoms with Crippen molar-refractivity contribution in [3.63, 3.8) is 0 Å². The van der Waals surface area contributed by atoms with E-state index in [0.717, 1.165) is 5.75 Å². The first-order chi connectivity index (χ1) is 12.3. The molecule has 0 aliphatic rings. The Morgan fingerprint density at radius 1 is 1.19 bits per heavy atom. The van der Waals surface area contributed by atoms with Crippen LogP contribution in [0.4, 0.5) is 17.6 Å². The number of hydrogen-bond acceptors (Lipinski definition) is 4. The fourth-order valence-corrected chi connectivity index (χ4v) is 2.32. The van der Waals surface area contributed by atoms with Crippen LogP contribution in [-0.2, 0) is 11.0 Å². The molecule has 0 amide bonds. The van der Waals surface area contributed by atoms with E-state index in [1.54, 1.807) is 23.9 Å². The topological polar surface area (TPSA) is 30.8 Å². The van der Waals surface area contributed by atoms with E-state index in [1.807, 2.05) is 6.26 Å². The second-order valence-corrected chi connectivity index (χ2v) is 6.39. The van der Waals surface area contributed by atoms with Gasteiger partial charge in [0.25, 0.3) is 0 Å². The minimum atomic E-state index is -4.69. The summed E-state index contributed by atoms with van der Waals surface area (Å²) in [6.07, 6.45) is -1.24. The van der Waals surface area contributed by atoms with Gasteiger partial charge in [-0.2, -0.15) is 24.9 Å². The number of halogens is 5. The number of oxime groups is 1. The molecule has 9 heteroatoms. The molecule has 0 bridgehead atoms. The van der Waals surface area contributed by atoms with E-state index in [1.165, 1.54) is 18.3 Å². The van der Waals surface area contributed by atoms with Gasteiger partial charge in [0, 0.05) is 5.75 Å². The Morgan fingerprint density at radius 2 is 1.88 bits per heavy atom. The van der Waals surface area contributed by atoms with Crippen molar-refractivity contribution in [1.29, 1.82) is 0 Å². The molecule has 0 aliphatic carbocycles. The molecule has 0 spiro atoms. The van der Waals surface area contributed by atoms with Gasteiger partial charge >= 0.3 is 6.18 Å². The third-order valence-electron chi connectivity index (χ3n) is 3.08. The standard InChI is InChI=1S/C17H14ClF4NO2S/c1-26-7-6-24-23-10-11-2-4-13(5-3-11)25-16-14(18)8-12(9-15(16)19)17(20,21)22/h2-5,8-10H,6-7H2,1H3. The van der Waals surface area contributed by atoms with Gasteiger partial charge in [0.2, 0.25) is 0 Å². The van der Waals surface area contributed by atoms with Crippen LogP contribution in [0.3, 0.4) is 0 Å². The normalized spacial score (nSPS) is 11.8. The van der Waals surface area contributed by atoms with E-state index in [-0.39, 0.29) is 5.75 Å². The Labute approximate surface area is 156 Å². The first-order valence-electron chi connectivity index (χ1n) is 7.29. The smallest absolute Gasteiger partial charge is 0.416 e. The lowest BCUT2D eigenvalue weighted by molar-refractivity contribution is -0.137. The Morgan fingerprint density at radius 3 is 2.46 bits per heavy atom. The Balaban J connectivity index is 2.07. The third kappa shape index (κ3) is 5.81. The minimum Gasteiger partial charge on any atom is -0.453 e. The molecular weight excluding hydrogens is 394 g/mol. The fourth-order valence-electron chi connectivity index (χ4n) is 1.83. The Bertz CT molecular complexity index is 743. The maximum absolute atomic E-state index is 13.9. The molecule has 0 saturated heterocycles. The molecule has 0 saturated carbocycles. The molecule has 140 valence electrons. The summed E-state index contributed by atoms with van der Waals surface area (Å²) in [6.45, 7) is 0.491. The molecule has 0 radical (unpaired) electrons. The maximum Gasteiger partial charge on any atom is 0.416 e. The average Bonchev–Trinajstić information content (AvgIpc) is 2.58. The van der Waals surface area contributed by atoms with Crippen molar-refractivity contribution < 1.29 is 27.1 Å². The van der Waals surface area contributed by atoms with Crippen LogP contribution in [0.15, 0.2) is 41.6 Å². The highest BCUT2D eigenvalue weighted by atomic mass is 35.5. The quantitative estimate of drug-likeness (QED) is 0.244. The predicted molar refractivity (Wildman–Crippen MR) is 94.9 cm³/mol. The molecule has 0 fully saturated rings. The summed E-state index contributed by atoms with van der Waals surface area (Å²) in [6, 6.07) is 7.24. The first-order valence-corrected chi connectivity index (χ1v) is 9.07. The van der Waals surface area contributed by atoms with E-state index in [9.17, 15) is 17.6 Å². The lowest BCUT2D eigenvalue weighted by Gasteiger charge is -2.12. The highest BCUT2D eigenvalue weighted by molar-refractivity contribution is 7.98. The van der Waals surface area contributed by atoms with E-state index in [2.05, 4.69) is 5.16 Å². The summed E-state index contributed by atoms with van der Waals surface area (Å²) in [5, 5.41) is 3.32. The van der Waals surface area contributed by atoms with Gasteiger partial charge in [0.1, 0.15) is 12.4 Å². The van der Waals surface area contributed by atoms with E-state index < -0.39 is 28.3 Å². The first kappa shape index (κ1) is 20.4. The highest BCUT2D eigenvalue weighted by Gasteiger charge is 2.32. The number of alkyl halides is 3. The molecule has 26 heavy (non-hydrogen) atoms. The van der Waals surface area contributed by atoms with Gasteiger partial charge in [-0.1, -0.05) is 16.8 Å². The van der Waals surface area contributed by atoms with Crippen LogP contribution in [0.2, 0.25) is 5.02 Å². The van der Waals surface area contributed by atoms with Crippen molar-refractivity contribution >= 4 is 29.6 Å². The van der Waals surface area contributed by atoms with Gasteiger partial charge in [-0.3, -0.25) is 0 Å². The summed E-state index contributed by atoms with van der Waals surface area (Å²) in [4.78, 5) is 5.03. The van der Waals surface area contributed by atoms with Crippen molar-refractivity contribution in [3.8, 4) is 11.5 Å². The van der Waals surface area contributed by atoms with Crippen molar-refractivity contribution in [1.82, 2.24) is 0 Å². The second-order valence-electron chi connectivity index (χ2n) is 5.00. The molecule has 2 aromatic carbocycles. The van der Waals surface area contributed by atoms with Gasteiger partial charge in [0.05, 0.1) is 16.8 Å². The molecule has 0 unspecified atom stereocenters. The number of rotatable bonds is 7. The third-order valence-corrected chi connectivity index (χ3v) is 3.94. The van der Waals surface area contributed by atoms with Crippen LogP contribution < -0.4 is 4.74 Å². The summed E-state index contributed by atoms with van der Waals surface area (Å²) in [5.41, 5.74) is -0.471. The maximum atomic E-state index is 13.9. The number of ether oxygens (including phenoxy) is 1. The average molecular weight is 408 g/mol. The van der Waals surface area contributed by atoms with Crippen LogP contribution >= 0.6 is 23.4 Å². The van der Waals surface area contributed by atoms with E-state index in [4.69, 9.17) is 21.2 Å². The van der Waals surface area contributed by atoms with Crippen molar-refractivity contribution in [2.45, 2.75) is 6.18 Å². The number of hydrogen-bond donors (Lipinski definition) is 0. The molecular formula is C17H14ClF4NO2S. The van der Waals surface area contributed by atoms with E-state index in [0.29, 0.717) is 24.3 Å². The minimum absolute atomic E-state index is 0.214. The van der Waals surface area contributed by atoms with Gasteiger partial charge in [-0.15, -0.1) is 0 Å². The van der Waals surface area contributed by atoms with Crippen LogP contribution in [-0.4, -0.2) is 24.8 Å². The van der Waals surface area contributed by atoms with Crippen molar-refractivity contribution in [3.05, 3.63) is 58.4 Å². The summed E-state index contributed by atoms with van der Waals surface area (Å²) < 4.78 is 57.1. The van der Waals surface area contributed by atoms with Crippen molar-refractivity contribution in [2.24, 2.45) is 5.16 Å². The van der Waals surface area contributed by atoms with Gasteiger partial charge < -0.3 is 9.57 Å². The van der Waals surface area contributed by atoms with Crippen molar-refractivity contribution in [2.75, 3.05) is 18.6 Å². The number of nitrogens with zero attached hydrogens (tertiary/aromatic N) is 1. The van der Waals surface area contributed by atoms with Gasteiger partial charge in [-0.25, -0.2) is 4.39 Å².